The van der Waals surface area contributed by atoms with Crippen molar-refractivity contribution in [2.45, 2.75) is 32.6 Å². The van der Waals surface area contributed by atoms with Crippen LogP contribution < -0.4 is 5.73 Å². The van der Waals surface area contributed by atoms with Crippen LogP contribution in [0.2, 0.25) is 0 Å². The lowest BCUT2D eigenvalue weighted by atomic mass is 10.0. The number of hydrogen-bond donors (Lipinski definition) is 1. The van der Waals surface area contributed by atoms with E-state index in [1.807, 2.05) is 30.3 Å². The highest BCUT2D eigenvalue weighted by molar-refractivity contribution is 5.95. The zero-order chi connectivity index (χ0) is 15.8. The van der Waals surface area contributed by atoms with Gasteiger partial charge in [-0.25, -0.2) is 4.79 Å². The Morgan fingerprint density at radius 3 is 2.45 bits per heavy atom. The third kappa shape index (κ3) is 4.62. The summed E-state index contributed by atoms with van der Waals surface area (Å²) in [4.78, 5) is 11.9. The van der Waals surface area contributed by atoms with Crippen molar-refractivity contribution in [2.75, 3.05) is 12.3 Å². The lowest BCUT2D eigenvalue weighted by molar-refractivity contribution is 0.0501. The summed E-state index contributed by atoms with van der Waals surface area (Å²) in [5, 5.41) is 0. The summed E-state index contributed by atoms with van der Waals surface area (Å²) in [5.74, 6) is -0.333. The van der Waals surface area contributed by atoms with E-state index in [4.69, 9.17) is 10.5 Å². The minimum absolute atomic E-state index is 0.333. The molecule has 0 radical (unpaired) electrons. The predicted molar refractivity (Wildman–Crippen MR) is 89.9 cm³/mol. The highest BCUT2D eigenvalue weighted by Crippen LogP contribution is 2.17. The first-order valence-corrected chi connectivity index (χ1v) is 7.80. The SMILES string of the molecule is CCCCOC(=O)c1ccc(CCc2ccccc2)cc1N. The number of carbonyl (C=O) groups is 1. The van der Waals surface area contributed by atoms with E-state index in [0.717, 1.165) is 31.2 Å². The number of aryl methyl sites for hydroxylation is 2. The molecular formula is C19H23NO2. The number of hydrogen-bond acceptors (Lipinski definition) is 3. The summed E-state index contributed by atoms with van der Waals surface area (Å²) in [6.07, 6.45) is 3.74. The van der Waals surface area contributed by atoms with Crippen molar-refractivity contribution in [1.82, 2.24) is 0 Å². The number of unbranched alkanes of at least 4 members (excludes halogenated alkanes) is 1. The molecule has 0 aliphatic rings. The number of esters is 1. The maximum atomic E-state index is 11.9. The van der Waals surface area contributed by atoms with E-state index in [1.165, 1.54) is 5.56 Å². The van der Waals surface area contributed by atoms with Crippen LogP contribution in [0.25, 0.3) is 0 Å². The van der Waals surface area contributed by atoms with Crippen molar-refractivity contribution in [3.63, 3.8) is 0 Å². The Morgan fingerprint density at radius 1 is 1.05 bits per heavy atom. The van der Waals surface area contributed by atoms with Gasteiger partial charge >= 0.3 is 5.97 Å². The van der Waals surface area contributed by atoms with E-state index in [-0.39, 0.29) is 5.97 Å². The molecule has 0 fully saturated rings. The molecule has 0 saturated carbocycles. The topological polar surface area (TPSA) is 52.3 Å². The fraction of sp³-hybridized carbons (Fsp3) is 0.316. The molecule has 0 aliphatic carbocycles. The smallest absolute Gasteiger partial charge is 0.340 e. The molecule has 22 heavy (non-hydrogen) atoms. The van der Waals surface area contributed by atoms with Gasteiger partial charge in [-0.1, -0.05) is 49.7 Å². The molecule has 3 nitrogen and oxygen atoms in total. The monoisotopic (exact) mass is 297 g/mol. The Hall–Kier alpha value is -2.29. The summed E-state index contributed by atoms with van der Waals surface area (Å²) < 4.78 is 5.20. The van der Waals surface area contributed by atoms with Crippen molar-refractivity contribution < 1.29 is 9.53 Å². The second-order valence-electron chi connectivity index (χ2n) is 5.40. The first kappa shape index (κ1) is 16.1. The zero-order valence-corrected chi connectivity index (χ0v) is 13.0. The van der Waals surface area contributed by atoms with Gasteiger partial charge in [0.25, 0.3) is 0 Å². The van der Waals surface area contributed by atoms with Crippen LogP contribution in [0.3, 0.4) is 0 Å². The summed E-state index contributed by atoms with van der Waals surface area (Å²) in [5.41, 5.74) is 9.37. The second-order valence-corrected chi connectivity index (χ2v) is 5.40. The summed E-state index contributed by atoms with van der Waals surface area (Å²) >= 11 is 0. The number of rotatable bonds is 7. The van der Waals surface area contributed by atoms with Gasteiger partial charge in [0.1, 0.15) is 0 Å². The first-order chi connectivity index (χ1) is 10.7. The van der Waals surface area contributed by atoms with Gasteiger partial charge in [-0.15, -0.1) is 0 Å². The molecule has 0 aromatic heterocycles. The van der Waals surface area contributed by atoms with Crippen LogP contribution in [-0.2, 0) is 17.6 Å². The average molecular weight is 297 g/mol. The standard InChI is InChI=1S/C19H23NO2/c1-2-3-13-22-19(21)17-12-11-16(14-18(17)20)10-9-15-7-5-4-6-8-15/h4-8,11-12,14H,2-3,9-10,13,20H2,1H3. The van der Waals surface area contributed by atoms with Crippen molar-refractivity contribution in [2.24, 2.45) is 0 Å². The van der Waals surface area contributed by atoms with Crippen LogP contribution in [0, 0.1) is 0 Å². The van der Waals surface area contributed by atoms with E-state index in [9.17, 15) is 4.79 Å². The normalized spacial score (nSPS) is 10.4. The number of nitrogen functional groups attached to an aromatic ring is 1. The lowest BCUT2D eigenvalue weighted by Gasteiger charge is -2.09. The molecule has 0 atom stereocenters. The maximum Gasteiger partial charge on any atom is 0.340 e. The molecule has 0 bridgehead atoms. The number of ether oxygens (including phenoxy) is 1. The lowest BCUT2D eigenvalue weighted by Crippen LogP contribution is -2.09. The summed E-state index contributed by atoms with van der Waals surface area (Å²) in [7, 11) is 0. The quantitative estimate of drug-likeness (QED) is 0.477. The minimum Gasteiger partial charge on any atom is -0.462 e. The fourth-order valence-electron chi connectivity index (χ4n) is 2.27. The number of benzene rings is 2. The molecule has 116 valence electrons. The maximum absolute atomic E-state index is 11.9. The third-order valence-corrected chi connectivity index (χ3v) is 3.61. The van der Waals surface area contributed by atoms with E-state index < -0.39 is 0 Å². The molecule has 0 spiro atoms. The first-order valence-electron chi connectivity index (χ1n) is 7.80. The molecule has 0 saturated heterocycles. The summed E-state index contributed by atoms with van der Waals surface area (Å²) in [6, 6.07) is 15.9. The van der Waals surface area contributed by atoms with Crippen LogP contribution in [0.4, 0.5) is 5.69 Å². The van der Waals surface area contributed by atoms with E-state index >= 15 is 0 Å². The molecule has 2 N–H and O–H groups in total. The Balaban J connectivity index is 1.95. The van der Waals surface area contributed by atoms with Crippen LogP contribution >= 0.6 is 0 Å². The third-order valence-electron chi connectivity index (χ3n) is 3.61. The molecule has 3 heteroatoms. The van der Waals surface area contributed by atoms with E-state index in [1.54, 1.807) is 6.07 Å². The van der Waals surface area contributed by atoms with E-state index in [0.29, 0.717) is 17.9 Å². The van der Waals surface area contributed by atoms with Crippen LogP contribution in [0.5, 0.6) is 0 Å². The van der Waals surface area contributed by atoms with Gasteiger partial charge in [0.2, 0.25) is 0 Å². The summed E-state index contributed by atoms with van der Waals surface area (Å²) in [6.45, 7) is 2.51. The Morgan fingerprint density at radius 2 is 1.77 bits per heavy atom. The van der Waals surface area contributed by atoms with Crippen molar-refractivity contribution in [3.05, 3.63) is 65.2 Å². The highest BCUT2D eigenvalue weighted by atomic mass is 16.5. The van der Waals surface area contributed by atoms with Gasteiger partial charge in [-0.05, 0) is 42.5 Å². The predicted octanol–water partition coefficient (Wildman–Crippen LogP) is 4.01. The molecule has 0 aliphatic heterocycles. The number of anilines is 1. The molecule has 2 aromatic carbocycles. The largest absolute Gasteiger partial charge is 0.462 e. The van der Waals surface area contributed by atoms with Crippen LogP contribution in [0.15, 0.2) is 48.5 Å². The van der Waals surface area contributed by atoms with Crippen LogP contribution in [0.1, 0.15) is 41.3 Å². The molecule has 0 unspecified atom stereocenters. The Labute approximate surface area is 132 Å². The van der Waals surface area contributed by atoms with Crippen molar-refractivity contribution in [3.8, 4) is 0 Å². The molecular weight excluding hydrogens is 274 g/mol. The molecule has 0 heterocycles. The zero-order valence-electron chi connectivity index (χ0n) is 13.0. The van der Waals surface area contributed by atoms with Gasteiger partial charge < -0.3 is 10.5 Å². The van der Waals surface area contributed by atoms with Crippen molar-refractivity contribution >= 4 is 11.7 Å². The average Bonchev–Trinajstić information content (AvgIpc) is 2.54. The van der Waals surface area contributed by atoms with Crippen molar-refractivity contribution in [1.29, 1.82) is 0 Å². The van der Waals surface area contributed by atoms with E-state index in [2.05, 4.69) is 19.1 Å². The minimum atomic E-state index is -0.333. The number of nitrogens with two attached hydrogens (primary N) is 1. The van der Waals surface area contributed by atoms with Gasteiger partial charge in [0.15, 0.2) is 0 Å². The highest BCUT2D eigenvalue weighted by Gasteiger charge is 2.11. The van der Waals surface area contributed by atoms with Gasteiger partial charge in [0, 0.05) is 5.69 Å². The van der Waals surface area contributed by atoms with Gasteiger partial charge in [0.05, 0.1) is 12.2 Å². The fourth-order valence-corrected chi connectivity index (χ4v) is 2.27. The molecule has 0 amide bonds. The Kier molecular flexibility index (Phi) is 6.01. The van der Waals surface area contributed by atoms with Gasteiger partial charge in [-0.2, -0.15) is 0 Å². The van der Waals surface area contributed by atoms with Crippen LogP contribution in [-0.4, -0.2) is 12.6 Å². The van der Waals surface area contributed by atoms with Gasteiger partial charge in [-0.3, -0.25) is 0 Å². The second kappa shape index (κ2) is 8.23. The molecule has 2 rings (SSSR count). The number of carbonyl (C=O) groups excluding carboxylic acids is 1. The molecule has 2 aromatic rings. The Bertz CT molecular complexity index is 608.